The van der Waals surface area contributed by atoms with E-state index in [2.05, 4.69) is 5.32 Å². The Labute approximate surface area is 117 Å². The molecule has 0 aromatic rings. The number of likely N-dealkylation sites (tertiary alicyclic amines) is 1. The van der Waals surface area contributed by atoms with Gasteiger partial charge in [-0.2, -0.15) is 0 Å². The van der Waals surface area contributed by atoms with Gasteiger partial charge in [-0.05, 0) is 25.7 Å². The van der Waals surface area contributed by atoms with Gasteiger partial charge in [-0.15, -0.1) is 0 Å². The molecular weight excluding hydrogens is 264 g/mol. The van der Waals surface area contributed by atoms with Gasteiger partial charge >= 0.3 is 5.97 Å². The molecular formula is C13H22N2O5. The maximum absolute atomic E-state index is 12.5. The Morgan fingerprint density at radius 2 is 1.90 bits per heavy atom. The molecule has 1 rings (SSSR count). The number of carbonyl (C=O) groups is 3. The molecule has 0 spiro atoms. The zero-order chi connectivity index (χ0) is 15.4. The fourth-order valence-corrected chi connectivity index (χ4v) is 2.49. The van der Waals surface area contributed by atoms with E-state index in [0.29, 0.717) is 12.8 Å². The molecule has 0 aromatic carbocycles. The number of aliphatic hydroxyl groups excluding tert-OH is 1. The molecule has 114 valence electrons. The summed E-state index contributed by atoms with van der Waals surface area (Å²) in [6.45, 7) is 4.62. The van der Waals surface area contributed by atoms with Crippen molar-refractivity contribution in [3.05, 3.63) is 0 Å². The normalized spacial score (nSPS) is 23.8. The summed E-state index contributed by atoms with van der Waals surface area (Å²) in [6.07, 6.45) is 1.04. The van der Waals surface area contributed by atoms with Crippen LogP contribution in [0.25, 0.3) is 0 Å². The number of carboxylic acids is 1. The van der Waals surface area contributed by atoms with Crippen LogP contribution in [0, 0.1) is 5.92 Å². The van der Waals surface area contributed by atoms with Crippen molar-refractivity contribution in [1.82, 2.24) is 10.2 Å². The number of aliphatic carboxylic acids is 1. The number of amides is 2. The Hall–Kier alpha value is -1.63. The molecule has 1 fully saturated rings. The first-order valence-electron chi connectivity index (χ1n) is 6.74. The van der Waals surface area contributed by atoms with Crippen LogP contribution in [-0.4, -0.2) is 57.6 Å². The average molecular weight is 286 g/mol. The van der Waals surface area contributed by atoms with Gasteiger partial charge in [0.2, 0.25) is 11.8 Å². The van der Waals surface area contributed by atoms with Crippen LogP contribution in [0.2, 0.25) is 0 Å². The highest BCUT2D eigenvalue weighted by Gasteiger charge is 2.42. The SMILES string of the molecule is CC(C)C(NC(=O)CO)C(=O)N1[C@@H](C)CC[C@H]1C(=O)O. The monoisotopic (exact) mass is 286 g/mol. The van der Waals surface area contributed by atoms with Gasteiger partial charge in [0.1, 0.15) is 18.7 Å². The third-order valence-corrected chi connectivity index (χ3v) is 3.60. The molecule has 1 saturated heterocycles. The molecule has 3 atom stereocenters. The Balaban J connectivity index is 2.92. The van der Waals surface area contributed by atoms with Crippen molar-refractivity contribution in [3.63, 3.8) is 0 Å². The van der Waals surface area contributed by atoms with Crippen LogP contribution in [-0.2, 0) is 14.4 Å². The van der Waals surface area contributed by atoms with E-state index in [1.165, 1.54) is 4.90 Å². The van der Waals surface area contributed by atoms with Gasteiger partial charge in [0, 0.05) is 6.04 Å². The summed E-state index contributed by atoms with van der Waals surface area (Å²) < 4.78 is 0. The minimum atomic E-state index is -1.03. The topological polar surface area (TPSA) is 107 Å². The largest absolute Gasteiger partial charge is 0.480 e. The third-order valence-electron chi connectivity index (χ3n) is 3.60. The van der Waals surface area contributed by atoms with Crippen molar-refractivity contribution in [2.24, 2.45) is 5.92 Å². The van der Waals surface area contributed by atoms with E-state index in [9.17, 15) is 19.5 Å². The molecule has 2 amide bonds. The molecule has 7 nitrogen and oxygen atoms in total. The van der Waals surface area contributed by atoms with Crippen molar-refractivity contribution >= 4 is 17.8 Å². The Kier molecular flexibility index (Phi) is 5.50. The number of aliphatic hydroxyl groups is 1. The predicted octanol–water partition coefficient (Wildman–Crippen LogP) is -0.416. The Morgan fingerprint density at radius 3 is 2.35 bits per heavy atom. The quantitative estimate of drug-likeness (QED) is 0.636. The zero-order valence-corrected chi connectivity index (χ0v) is 12.0. The highest BCUT2D eigenvalue weighted by Crippen LogP contribution is 2.26. The molecule has 0 aromatic heterocycles. The first kappa shape index (κ1) is 16.4. The number of hydrogen-bond acceptors (Lipinski definition) is 4. The van der Waals surface area contributed by atoms with Crippen molar-refractivity contribution in [2.45, 2.75) is 51.7 Å². The smallest absolute Gasteiger partial charge is 0.326 e. The second kappa shape index (κ2) is 6.69. The van der Waals surface area contributed by atoms with Gasteiger partial charge in [0.25, 0.3) is 0 Å². The summed E-state index contributed by atoms with van der Waals surface area (Å²) >= 11 is 0. The van der Waals surface area contributed by atoms with E-state index in [1.54, 1.807) is 20.8 Å². The molecule has 1 heterocycles. The summed E-state index contributed by atoms with van der Waals surface area (Å²) in [4.78, 5) is 36.4. The highest BCUT2D eigenvalue weighted by atomic mass is 16.4. The van der Waals surface area contributed by atoms with Gasteiger partial charge < -0.3 is 20.4 Å². The van der Waals surface area contributed by atoms with Crippen LogP contribution in [0.5, 0.6) is 0 Å². The van der Waals surface area contributed by atoms with E-state index in [-0.39, 0.29) is 12.0 Å². The fourth-order valence-electron chi connectivity index (χ4n) is 2.49. The molecule has 1 unspecified atom stereocenters. The molecule has 0 radical (unpaired) electrons. The number of nitrogens with one attached hydrogen (secondary N) is 1. The number of carboxylic acid groups (broad SMARTS) is 1. The minimum Gasteiger partial charge on any atom is -0.480 e. The highest BCUT2D eigenvalue weighted by molar-refractivity contribution is 5.91. The second-order valence-corrected chi connectivity index (χ2v) is 5.47. The standard InChI is InChI=1S/C13H22N2O5/c1-7(2)11(14-10(17)6-16)12(18)15-8(3)4-5-9(15)13(19)20/h7-9,11,16H,4-6H2,1-3H3,(H,14,17)(H,19,20)/t8-,9-,11?/m0/s1. The van der Waals surface area contributed by atoms with Crippen molar-refractivity contribution in [2.75, 3.05) is 6.61 Å². The van der Waals surface area contributed by atoms with Crippen LogP contribution in [0.4, 0.5) is 0 Å². The molecule has 0 bridgehead atoms. The molecule has 20 heavy (non-hydrogen) atoms. The molecule has 1 aliphatic rings. The fraction of sp³-hybridized carbons (Fsp3) is 0.769. The first-order chi connectivity index (χ1) is 9.29. The van der Waals surface area contributed by atoms with Crippen molar-refractivity contribution in [3.8, 4) is 0 Å². The van der Waals surface area contributed by atoms with E-state index >= 15 is 0 Å². The number of carbonyl (C=O) groups excluding carboxylic acids is 2. The van der Waals surface area contributed by atoms with E-state index in [1.807, 2.05) is 0 Å². The lowest BCUT2D eigenvalue weighted by Crippen LogP contribution is -2.55. The van der Waals surface area contributed by atoms with Crippen LogP contribution < -0.4 is 5.32 Å². The summed E-state index contributed by atoms with van der Waals surface area (Å²) in [6, 6.07) is -1.84. The van der Waals surface area contributed by atoms with Gasteiger partial charge in [-0.1, -0.05) is 13.8 Å². The molecule has 0 aliphatic carbocycles. The third kappa shape index (κ3) is 3.47. The van der Waals surface area contributed by atoms with Crippen LogP contribution in [0.3, 0.4) is 0 Å². The van der Waals surface area contributed by atoms with Gasteiger partial charge in [0.05, 0.1) is 0 Å². The van der Waals surface area contributed by atoms with E-state index in [4.69, 9.17) is 5.11 Å². The predicted molar refractivity (Wildman–Crippen MR) is 70.8 cm³/mol. The van der Waals surface area contributed by atoms with Gasteiger partial charge in [-0.3, -0.25) is 9.59 Å². The number of hydrogen-bond donors (Lipinski definition) is 3. The minimum absolute atomic E-state index is 0.170. The molecule has 1 aliphatic heterocycles. The van der Waals surface area contributed by atoms with Crippen LogP contribution in [0.15, 0.2) is 0 Å². The second-order valence-electron chi connectivity index (χ2n) is 5.47. The lowest BCUT2D eigenvalue weighted by molar-refractivity contribution is -0.151. The first-order valence-corrected chi connectivity index (χ1v) is 6.74. The molecule has 0 saturated carbocycles. The van der Waals surface area contributed by atoms with Crippen LogP contribution >= 0.6 is 0 Å². The molecule has 7 heteroatoms. The van der Waals surface area contributed by atoms with Crippen LogP contribution in [0.1, 0.15) is 33.6 Å². The number of rotatable bonds is 5. The Morgan fingerprint density at radius 1 is 1.30 bits per heavy atom. The molecule has 3 N–H and O–H groups in total. The summed E-state index contributed by atoms with van der Waals surface area (Å²) in [7, 11) is 0. The van der Waals surface area contributed by atoms with Gasteiger partial charge in [0.15, 0.2) is 0 Å². The van der Waals surface area contributed by atoms with Gasteiger partial charge in [-0.25, -0.2) is 4.79 Å². The maximum Gasteiger partial charge on any atom is 0.326 e. The lowest BCUT2D eigenvalue weighted by Gasteiger charge is -2.32. The number of nitrogens with zero attached hydrogens (tertiary/aromatic N) is 1. The summed E-state index contributed by atoms with van der Waals surface area (Å²) in [5, 5.41) is 20.4. The maximum atomic E-state index is 12.5. The zero-order valence-electron chi connectivity index (χ0n) is 12.0. The van der Waals surface area contributed by atoms with Crippen molar-refractivity contribution in [1.29, 1.82) is 0 Å². The summed E-state index contributed by atoms with van der Waals surface area (Å²) in [5.41, 5.74) is 0. The average Bonchev–Trinajstić information content (AvgIpc) is 2.76. The Bertz CT molecular complexity index is 396. The lowest BCUT2D eigenvalue weighted by atomic mass is 10.0. The van der Waals surface area contributed by atoms with E-state index in [0.717, 1.165) is 0 Å². The van der Waals surface area contributed by atoms with E-state index < -0.39 is 36.5 Å². The summed E-state index contributed by atoms with van der Waals surface area (Å²) in [5.74, 6) is -2.27. The van der Waals surface area contributed by atoms with Crippen molar-refractivity contribution < 1.29 is 24.6 Å².